The highest BCUT2D eigenvalue weighted by Crippen LogP contribution is 2.30. The smallest absolute Gasteiger partial charge is 0.138 e. The Kier molecular flexibility index (Phi) is 2.80. The van der Waals surface area contributed by atoms with Crippen molar-refractivity contribution in [3.8, 4) is 17.0 Å². The molecule has 0 atom stereocenters. The van der Waals surface area contributed by atoms with Crippen LogP contribution in [0.4, 0.5) is 0 Å². The topological polar surface area (TPSA) is 26.5 Å². The van der Waals surface area contributed by atoms with Crippen LogP contribution in [0, 0.1) is 0 Å². The van der Waals surface area contributed by atoms with Gasteiger partial charge in [0.25, 0.3) is 0 Å². The number of hydrogen-bond donors (Lipinski definition) is 0. The summed E-state index contributed by atoms with van der Waals surface area (Å²) in [4.78, 5) is 4.48. The summed E-state index contributed by atoms with van der Waals surface area (Å²) < 4.78 is 8.08. The summed E-state index contributed by atoms with van der Waals surface area (Å²) in [5.74, 6) is 0.851. The Balaban J connectivity index is 2.20. The van der Waals surface area contributed by atoms with Gasteiger partial charge in [0.05, 0.1) is 12.8 Å². The summed E-state index contributed by atoms with van der Waals surface area (Å²) >= 11 is 3.52. The van der Waals surface area contributed by atoms with Crippen LogP contribution < -0.4 is 4.74 Å². The third-order valence-corrected chi connectivity index (χ3v) is 3.40. The molecule has 0 fully saturated rings. The summed E-state index contributed by atoms with van der Waals surface area (Å²) in [5, 5.41) is 0. The van der Waals surface area contributed by atoms with Gasteiger partial charge in [-0.1, -0.05) is 6.07 Å². The van der Waals surface area contributed by atoms with Crippen molar-refractivity contribution in [2.45, 2.75) is 0 Å². The molecule has 0 saturated heterocycles. The van der Waals surface area contributed by atoms with E-state index in [9.17, 15) is 0 Å². The Morgan fingerprint density at radius 1 is 1.11 bits per heavy atom. The third-order valence-electron chi connectivity index (χ3n) is 2.85. The van der Waals surface area contributed by atoms with Crippen LogP contribution in [0.25, 0.3) is 16.9 Å². The minimum atomic E-state index is 0.846. The van der Waals surface area contributed by atoms with Gasteiger partial charge in [0.1, 0.15) is 16.0 Å². The molecule has 0 radical (unpaired) electrons. The van der Waals surface area contributed by atoms with Gasteiger partial charge < -0.3 is 4.74 Å². The first kappa shape index (κ1) is 11.3. The first-order valence-corrected chi connectivity index (χ1v) is 6.36. The Bertz CT molecular complexity index is 689. The fraction of sp³-hybridized carbons (Fsp3) is 0.0714. The molecule has 3 rings (SSSR count). The van der Waals surface area contributed by atoms with Crippen molar-refractivity contribution < 1.29 is 4.74 Å². The molecule has 1 aromatic carbocycles. The zero-order valence-corrected chi connectivity index (χ0v) is 11.4. The zero-order valence-electron chi connectivity index (χ0n) is 9.80. The van der Waals surface area contributed by atoms with E-state index in [1.54, 1.807) is 7.11 Å². The first-order chi connectivity index (χ1) is 8.79. The fourth-order valence-electron chi connectivity index (χ4n) is 1.97. The van der Waals surface area contributed by atoms with Crippen molar-refractivity contribution >= 4 is 21.6 Å². The van der Waals surface area contributed by atoms with E-state index in [2.05, 4.69) is 25.3 Å². The number of rotatable bonds is 2. The second kappa shape index (κ2) is 4.46. The summed E-state index contributed by atoms with van der Waals surface area (Å²) in [6.45, 7) is 0. The maximum absolute atomic E-state index is 5.17. The molecule has 0 bridgehead atoms. The second-order valence-electron chi connectivity index (χ2n) is 3.91. The molecule has 0 unspecified atom stereocenters. The van der Waals surface area contributed by atoms with E-state index in [0.717, 1.165) is 27.3 Å². The number of hydrogen-bond acceptors (Lipinski definition) is 2. The van der Waals surface area contributed by atoms with Gasteiger partial charge >= 0.3 is 0 Å². The van der Waals surface area contributed by atoms with Crippen LogP contribution in [-0.2, 0) is 0 Å². The van der Waals surface area contributed by atoms with Gasteiger partial charge in [-0.05, 0) is 52.3 Å². The van der Waals surface area contributed by atoms with E-state index in [1.165, 1.54) is 0 Å². The Hall–Kier alpha value is -1.81. The predicted octanol–water partition coefficient (Wildman–Crippen LogP) is 3.77. The molecule has 2 heterocycles. The standard InChI is InChI=1S/C14H11BrN2O/c1-18-11-7-5-10(6-8-11)13-14(15)16-12-4-2-3-9-17(12)13/h2-9H,1H3. The second-order valence-corrected chi connectivity index (χ2v) is 4.66. The average Bonchev–Trinajstić information content (AvgIpc) is 2.75. The number of halogens is 1. The van der Waals surface area contributed by atoms with E-state index < -0.39 is 0 Å². The zero-order chi connectivity index (χ0) is 12.5. The summed E-state index contributed by atoms with van der Waals surface area (Å²) in [5.41, 5.74) is 3.07. The van der Waals surface area contributed by atoms with Gasteiger partial charge in [-0.15, -0.1) is 0 Å². The molecule has 0 aliphatic carbocycles. The van der Waals surface area contributed by atoms with E-state index in [1.807, 2.05) is 48.7 Å². The van der Waals surface area contributed by atoms with Crippen molar-refractivity contribution in [1.29, 1.82) is 0 Å². The maximum Gasteiger partial charge on any atom is 0.138 e. The van der Waals surface area contributed by atoms with E-state index in [4.69, 9.17) is 4.74 Å². The Morgan fingerprint density at radius 3 is 2.61 bits per heavy atom. The number of aromatic nitrogens is 2. The highest BCUT2D eigenvalue weighted by Gasteiger charge is 2.11. The lowest BCUT2D eigenvalue weighted by molar-refractivity contribution is 0.415. The lowest BCUT2D eigenvalue weighted by atomic mass is 10.1. The number of benzene rings is 1. The quantitative estimate of drug-likeness (QED) is 0.720. The molecule has 0 spiro atoms. The fourth-order valence-corrected chi connectivity index (χ4v) is 2.58. The van der Waals surface area contributed by atoms with Crippen molar-refractivity contribution in [3.05, 3.63) is 53.3 Å². The molecule has 4 heteroatoms. The number of methoxy groups -OCH3 is 1. The minimum absolute atomic E-state index is 0.846. The molecule has 3 nitrogen and oxygen atoms in total. The van der Waals surface area contributed by atoms with Crippen LogP contribution in [0.3, 0.4) is 0 Å². The molecule has 0 aliphatic heterocycles. The number of nitrogens with zero attached hydrogens (tertiary/aromatic N) is 2. The highest BCUT2D eigenvalue weighted by atomic mass is 79.9. The SMILES string of the molecule is COc1ccc(-c2c(Br)nc3ccccn23)cc1. The van der Waals surface area contributed by atoms with Gasteiger partial charge in [0.2, 0.25) is 0 Å². The van der Waals surface area contributed by atoms with Crippen LogP contribution in [0.5, 0.6) is 5.75 Å². The molecule has 0 amide bonds. The summed E-state index contributed by atoms with van der Waals surface area (Å²) in [6.07, 6.45) is 2.01. The molecule has 90 valence electrons. The Labute approximate surface area is 113 Å². The summed E-state index contributed by atoms with van der Waals surface area (Å²) in [7, 11) is 1.67. The van der Waals surface area contributed by atoms with E-state index >= 15 is 0 Å². The lowest BCUT2D eigenvalue weighted by Crippen LogP contribution is -1.88. The van der Waals surface area contributed by atoms with Crippen LogP contribution in [0.15, 0.2) is 53.3 Å². The monoisotopic (exact) mass is 302 g/mol. The van der Waals surface area contributed by atoms with Crippen LogP contribution in [0.1, 0.15) is 0 Å². The normalized spacial score (nSPS) is 10.8. The molecule has 0 aliphatic rings. The molecule has 18 heavy (non-hydrogen) atoms. The molecular formula is C14H11BrN2O. The molecule has 2 aromatic heterocycles. The largest absolute Gasteiger partial charge is 0.497 e. The first-order valence-electron chi connectivity index (χ1n) is 5.56. The maximum atomic E-state index is 5.17. The van der Waals surface area contributed by atoms with Crippen molar-refractivity contribution in [3.63, 3.8) is 0 Å². The highest BCUT2D eigenvalue weighted by molar-refractivity contribution is 9.10. The molecule has 0 saturated carbocycles. The third kappa shape index (κ3) is 1.78. The number of pyridine rings is 1. The van der Waals surface area contributed by atoms with Crippen molar-refractivity contribution in [2.24, 2.45) is 0 Å². The summed E-state index contributed by atoms with van der Waals surface area (Å²) in [6, 6.07) is 13.9. The van der Waals surface area contributed by atoms with Gasteiger partial charge in [-0.2, -0.15) is 0 Å². The lowest BCUT2D eigenvalue weighted by Gasteiger charge is -2.04. The van der Waals surface area contributed by atoms with Gasteiger partial charge in [-0.25, -0.2) is 4.98 Å². The van der Waals surface area contributed by atoms with Crippen LogP contribution >= 0.6 is 15.9 Å². The van der Waals surface area contributed by atoms with Crippen LogP contribution in [-0.4, -0.2) is 16.5 Å². The minimum Gasteiger partial charge on any atom is -0.497 e. The van der Waals surface area contributed by atoms with Gasteiger partial charge in [0, 0.05) is 11.8 Å². The van der Waals surface area contributed by atoms with E-state index in [0.29, 0.717) is 0 Å². The van der Waals surface area contributed by atoms with Crippen molar-refractivity contribution in [2.75, 3.05) is 7.11 Å². The number of ether oxygens (including phenoxy) is 1. The molecular weight excluding hydrogens is 292 g/mol. The van der Waals surface area contributed by atoms with Crippen LogP contribution in [0.2, 0.25) is 0 Å². The molecule has 3 aromatic rings. The average molecular weight is 303 g/mol. The predicted molar refractivity (Wildman–Crippen MR) is 74.9 cm³/mol. The van der Waals surface area contributed by atoms with Crippen molar-refractivity contribution in [1.82, 2.24) is 9.38 Å². The number of imidazole rings is 1. The van der Waals surface area contributed by atoms with E-state index in [-0.39, 0.29) is 0 Å². The van der Waals surface area contributed by atoms with Gasteiger partial charge in [0.15, 0.2) is 0 Å². The Morgan fingerprint density at radius 2 is 1.89 bits per heavy atom. The molecule has 0 N–H and O–H groups in total. The van der Waals surface area contributed by atoms with Gasteiger partial charge in [-0.3, -0.25) is 4.40 Å². The number of fused-ring (bicyclic) bond motifs is 1.